The lowest BCUT2D eigenvalue weighted by atomic mass is 10.1. The van der Waals surface area contributed by atoms with Gasteiger partial charge in [0.1, 0.15) is 13.2 Å². The molecular formula is C34H37Cl2N5O6S. The summed E-state index contributed by atoms with van der Waals surface area (Å²) in [7, 11) is -4.16. The molecule has 1 heterocycles. The maximum atomic E-state index is 13.6. The number of carbonyl (C=O) groups excluding carboxylic acids is 2. The number of esters is 1. The summed E-state index contributed by atoms with van der Waals surface area (Å²) in [6.07, 6.45) is 3.57. The molecule has 14 heteroatoms. The first kappa shape index (κ1) is 36.4. The number of sulfonamides is 1. The highest BCUT2D eigenvalue weighted by molar-refractivity contribution is 7.92. The van der Waals surface area contributed by atoms with Crippen LogP contribution in [-0.2, 0) is 37.3 Å². The molecular weight excluding hydrogens is 677 g/mol. The van der Waals surface area contributed by atoms with Gasteiger partial charge in [-0.2, -0.15) is 0 Å². The average Bonchev–Trinajstić information content (AvgIpc) is 3.10. The van der Waals surface area contributed by atoms with Crippen LogP contribution in [0.4, 0.5) is 22.1 Å². The van der Waals surface area contributed by atoms with Crippen molar-refractivity contribution in [3.8, 4) is 0 Å². The van der Waals surface area contributed by atoms with Gasteiger partial charge in [-0.05, 0) is 66.4 Å². The fraction of sp³-hybridized carbons (Fsp3) is 0.294. The van der Waals surface area contributed by atoms with E-state index < -0.39 is 22.1 Å². The van der Waals surface area contributed by atoms with Gasteiger partial charge in [0.2, 0.25) is 5.95 Å². The molecule has 4 aromatic rings. The van der Waals surface area contributed by atoms with E-state index in [1.165, 1.54) is 36.7 Å². The van der Waals surface area contributed by atoms with Gasteiger partial charge in [0.05, 0.1) is 11.4 Å². The largest absolute Gasteiger partial charge is 0.464 e. The summed E-state index contributed by atoms with van der Waals surface area (Å²) in [5, 5.41) is 2.58. The molecule has 1 amide bonds. The maximum absolute atomic E-state index is 13.6. The maximum Gasteiger partial charge on any atom is 0.411 e. The van der Waals surface area contributed by atoms with Crippen molar-refractivity contribution in [2.24, 2.45) is 0 Å². The number of aromatic nitrogens is 2. The van der Waals surface area contributed by atoms with Crippen molar-refractivity contribution in [2.75, 3.05) is 52.5 Å². The van der Waals surface area contributed by atoms with Crippen LogP contribution < -0.4 is 14.5 Å². The van der Waals surface area contributed by atoms with E-state index in [4.69, 9.17) is 32.7 Å². The first-order valence-corrected chi connectivity index (χ1v) is 17.8. The number of benzene rings is 3. The van der Waals surface area contributed by atoms with Crippen molar-refractivity contribution >= 4 is 62.6 Å². The molecule has 4 rings (SSSR count). The first-order chi connectivity index (χ1) is 23.3. The second-order valence-electron chi connectivity index (χ2n) is 10.4. The predicted molar refractivity (Wildman–Crippen MR) is 187 cm³/mol. The van der Waals surface area contributed by atoms with Crippen LogP contribution in [-0.4, -0.2) is 68.4 Å². The number of halogens is 2. The van der Waals surface area contributed by atoms with E-state index in [-0.39, 0.29) is 37.0 Å². The molecule has 0 bridgehead atoms. The number of hydrogen-bond acceptors (Lipinski definition) is 9. The lowest BCUT2D eigenvalue weighted by Crippen LogP contribution is -2.35. The van der Waals surface area contributed by atoms with E-state index in [9.17, 15) is 18.0 Å². The van der Waals surface area contributed by atoms with Crippen molar-refractivity contribution in [3.05, 3.63) is 108 Å². The Balaban J connectivity index is 1.29. The second-order valence-corrected chi connectivity index (χ2v) is 13.1. The topological polar surface area (TPSA) is 131 Å². The average molecular weight is 715 g/mol. The first-order valence-electron chi connectivity index (χ1n) is 15.3. The summed E-state index contributed by atoms with van der Waals surface area (Å²) in [5.74, 6) is 0.495. The zero-order valence-corrected chi connectivity index (χ0v) is 28.5. The van der Waals surface area contributed by atoms with Crippen LogP contribution in [0.2, 0.25) is 0 Å². The molecule has 0 atom stereocenters. The number of nitrogens with one attached hydrogen (secondary N) is 1. The Bertz CT molecular complexity index is 1680. The normalized spacial score (nSPS) is 11.0. The Labute approximate surface area is 290 Å². The Morgan fingerprint density at radius 2 is 1.44 bits per heavy atom. The van der Waals surface area contributed by atoms with Gasteiger partial charge in [-0.15, -0.1) is 23.2 Å². The van der Waals surface area contributed by atoms with Crippen LogP contribution >= 0.6 is 23.2 Å². The molecule has 11 nitrogen and oxygen atoms in total. The Kier molecular flexibility index (Phi) is 14.3. The summed E-state index contributed by atoms with van der Waals surface area (Å²) in [5.41, 5.74) is 3.29. The molecule has 0 aliphatic carbocycles. The van der Waals surface area contributed by atoms with Gasteiger partial charge in [0, 0.05) is 55.0 Å². The molecule has 0 saturated heterocycles. The molecule has 1 aromatic heterocycles. The second kappa shape index (κ2) is 18.8. The molecule has 0 aliphatic rings. The van der Waals surface area contributed by atoms with E-state index >= 15 is 0 Å². The molecule has 254 valence electrons. The van der Waals surface area contributed by atoms with E-state index in [0.29, 0.717) is 43.4 Å². The van der Waals surface area contributed by atoms with Gasteiger partial charge in [-0.3, -0.25) is 10.1 Å². The number of alkyl halides is 2. The number of aryl methyl sites for hydroxylation is 1. The number of amides is 1. The molecule has 1 N–H and O–H groups in total. The SMILES string of the molecule is O=C(CCCc1ccc(N(CCCl)CCCl)cc1)OCCN(c1ncccn1)S(=O)(=O)c1ccc(NC(=O)OCc2ccccc2)cc1. The van der Waals surface area contributed by atoms with E-state index in [2.05, 4.69) is 20.2 Å². The third-order valence-electron chi connectivity index (χ3n) is 7.09. The number of hydrogen-bond donors (Lipinski definition) is 1. The lowest BCUT2D eigenvalue weighted by Gasteiger charge is -2.23. The zero-order valence-electron chi connectivity index (χ0n) is 26.2. The number of nitrogens with zero attached hydrogens (tertiary/aromatic N) is 4. The lowest BCUT2D eigenvalue weighted by molar-refractivity contribution is -0.143. The van der Waals surface area contributed by atoms with Gasteiger partial charge >= 0.3 is 12.1 Å². The molecule has 0 aliphatic heterocycles. The fourth-order valence-electron chi connectivity index (χ4n) is 4.66. The highest BCUT2D eigenvalue weighted by Crippen LogP contribution is 2.22. The highest BCUT2D eigenvalue weighted by atomic mass is 35.5. The summed E-state index contributed by atoms with van der Waals surface area (Å²) in [6.45, 7) is 1.09. The summed E-state index contributed by atoms with van der Waals surface area (Å²) >= 11 is 11.8. The summed E-state index contributed by atoms with van der Waals surface area (Å²) in [6, 6.07) is 24.4. The predicted octanol–water partition coefficient (Wildman–Crippen LogP) is 6.27. The molecule has 0 fully saturated rings. The van der Waals surface area contributed by atoms with Gasteiger partial charge in [-0.25, -0.2) is 27.5 Å². The summed E-state index contributed by atoms with van der Waals surface area (Å²) in [4.78, 5) is 35.0. The Hall–Kier alpha value is -4.39. The summed E-state index contributed by atoms with van der Waals surface area (Å²) < 4.78 is 38.9. The minimum atomic E-state index is -4.16. The minimum absolute atomic E-state index is 0.0658. The van der Waals surface area contributed by atoms with Gasteiger partial charge in [0.25, 0.3) is 10.0 Å². The zero-order chi connectivity index (χ0) is 34.2. The molecule has 3 aromatic carbocycles. The number of carbonyl (C=O) groups is 2. The third-order valence-corrected chi connectivity index (χ3v) is 9.22. The number of anilines is 3. The van der Waals surface area contributed by atoms with Crippen LogP contribution in [0, 0.1) is 0 Å². The smallest absolute Gasteiger partial charge is 0.411 e. The van der Waals surface area contributed by atoms with Crippen molar-refractivity contribution in [1.29, 1.82) is 0 Å². The highest BCUT2D eigenvalue weighted by Gasteiger charge is 2.27. The molecule has 0 saturated carbocycles. The van der Waals surface area contributed by atoms with Crippen molar-refractivity contribution in [1.82, 2.24) is 9.97 Å². The van der Waals surface area contributed by atoms with E-state index in [1.54, 1.807) is 6.07 Å². The van der Waals surface area contributed by atoms with E-state index in [0.717, 1.165) is 21.1 Å². The van der Waals surface area contributed by atoms with E-state index in [1.807, 2.05) is 54.6 Å². The quantitative estimate of drug-likeness (QED) is 0.0936. The standard InChI is InChI=1S/C34H37Cl2N5O6S/c35-18-22-40(23-19-36)30-14-10-27(11-15-30)8-4-9-32(42)46-25-24-41(33-37-20-5-21-38-33)48(44,45)31-16-12-29(13-17-31)39-34(43)47-26-28-6-2-1-3-7-28/h1-3,5-7,10-17,20-21H,4,8-9,18-19,22-26H2,(H,39,43). The number of rotatable bonds is 18. The Morgan fingerprint density at radius 1 is 0.771 bits per heavy atom. The monoisotopic (exact) mass is 713 g/mol. The van der Waals surface area contributed by atoms with Gasteiger partial charge in [0.15, 0.2) is 0 Å². The van der Waals surface area contributed by atoms with Crippen molar-refractivity contribution in [3.63, 3.8) is 0 Å². The van der Waals surface area contributed by atoms with Crippen LogP contribution in [0.5, 0.6) is 0 Å². The van der Waals surface area contributed by atoms with Gasteiger partial charge in [-0.1, -0.05) is 42.5 Å². The molecule has 0 radical (unpaired) electrons. The fourth-order valence-corrected chi connectivity index (χ4v) is 6.43. The van der Waals surface area contributed by atoms with Crippen LogP contribution in [0.3, 0.4) is 0 Å². The number of ether oxygens (including phenoxy) is 2. The molecule has 0 unspecified atom stereocenters. The van der Waals surface area contributed by atoms with Crippen LogP contribution in [0.25, 0.3) is 0 Å². The third kappa shape index (κ3) is 11.1. The molecule has 48 heavy (non-hydrogen) atoms. The van der Waals surface area contributed by atoms with Gasteiger partial charge < -0.3 is 14.4 Å². The van der Waals surface area contributed by atoms with Crippen molar-refractivity contribution in [2.45, 2.75) is 30.8 Å². The van der Waals surface area contributed by atoms with Crippen LogP contribution in [0.1, 0.15) is 24.0 Å². The van der Waals surface area contributed by atoms with Crippen LogP contribution in [0.15, 0.2) is 102 Å². The molecule has 0 spiro atoms. The van der Waals surface area contributed by atoms with Crippen molar-refractivity contribution < 1.29 is 27.5 Å². The Morgan fingerprint density at radius 3 is 2.08 bits per heavy atom. The minimum Gasteiger partial charge on any atom is -0.464 e.